The fourth-order valence-electron chi connectivity index (χ4n) is 3.86. The minimum Gasteiger partial charge on any atom is -0.466 e. The lowest BCUT2D eigenvalue weighted by Crippen LogP contribution is -2.47. The number of piperazine rings is 1. The van der Waals surface area contributed by atoms with E-state index in [0.29, 0.717) is 38.4 Å². The average Bonchev–Trinajstić information content (AvgIpc) is 3.09. The SMILES string of the molecule is COC(=O)C1=C(Nc2ccc(N3CCN(CCO)CC3)c([N+](=O)[O-])c2)C(=O)N(CCO)C1. The number of ether oxygens (including phenoxy) is 1. The zero-order chi connectivity index (χ0) is 23.3. The van der Waals surface area contributed by atoms with E-state index in [1.54, 1.807) is 12.1 Å². The van der Waals surface area contributed by atoms with Gasteiger partial charge in [0.2, 0.25) is 0 Å². The number of aliphatic hydroxyl groups excluding tert-OH is 2. The highest BCUT2D eigenvalue weighted by atomic mass is 16.6. The molecule has 174 valence electrons. The van der Waals surface area contributed by atoms with Crippen LogP contribution in [-0.4, -0.2) is 103 Å². The molecule has 3 rings (SSSR count). The molecule has 0 aromatic heterocycles. The Morgan fingerprint density at radius 1 is 1.19 bits per heavy atom. The summed E-state index contributed by atoms with van der Waals surface area (Å²) in [6, 6.07) is 4.57. The van der Waals surface area contributed by atoms with Crippen LogP contribution >= 0.6 is 0 Å². The maximum Gasteiger partial charge on any atom is 0.337 e. The summed E-state index contributed by atoms with van der Waals surface area (Å²) in [5.41, 5.74) is 0.701. The third kappa shape index (κ3) is 4.98. The fraction of sp³-hybridized carbons (Fsp3) is 0.500. The van der Waals surface area contributed by atoms with Gasteiger partial charge in [0, 0.05) is 51.0 Å². The molecular formula is C20H27N5O7. The smallest absolute Gasteiger partial charge is 0.337 e. The predicted molar refractivity (Wildman–Crippen MR) is 115 cm³/mol. The molecule has 12 heteroatoms. The van der Waals surface area contributed by atoms with Crippen LogP contribution < -0.4 is 10.2 Å². The number of β-amino-alcohol motifs (C(OH)–C–C–N with tert-alkyl or cyclic N) is 2. The lowest BCUT2D eigenvalue weighted by Gasteiger charge is -2.35. The number of carbonyl (C=O) groups is 2. The van der Waals surface area contributed by atoms with Crippen LogP contribution in [0.4, 0.5) is 17.1 Å². The van der Waals surface area contributed by atoms with Crippen LogP contribution in [0.3, 0.4) is 0 Å². The van der Waals surface area contributed by atoms with Gasteiger partial charge in [0.25, 0.3) is 11.6 Å². The van der Waals surface area contributed by atoms with E-state index in [1.807, 2.05) is 4.90 Å². The maximum atomic E-state index is 12.7. The summed E-state index contributed by atoms with van der Waals surface area (Å²) < 4.78 is 4.75. The molecule has 32 heavy (non-hydrogen) atoms. The standard InChI is InChI=1S/C20H27N5O7/c1-32-20(29)15-13-24(9-11-27)19(28)18(15)21-14-2-3-16(17(12-14)25(30)31)23-6-4-22(5-7-23)8-10-26/h2-3,12,21,26-27H,4-11,13H2,1H3. The number of nitro groups is 1. The number of rotatable bonds is 9. The van der Waals surface area contributed by atoms with Gasteiger partial charge in [-0.1, -0.05) is 0 Å². The van der Waals surface area contributed by atoms with Gasteiger partial charge in [-0.15, -0.1) is 0 Å². The summed E-state index contributed by atoms with van der Waals surface area (Å²) in [6.07, 6.45) is 0. The Morgan fingerprint density at radius 3 is 2.47 bits per heavy atom. The molecule has 2 aliphatic rings. The van der Waals surface area contributed by atoms with E-state index in [0.717, 1.165) is 0 Å². The molecule has 1 fully saturated rings. The number of aliphatic hydroxyl groups is 2. The van der Waals surface area contributed by atoms with Crippen LogP contribution in [0, 0.1) is 10.1 Å². The van der Waals surface area contributed by atoms with E-state index in [4.69, 9.17) is 14.9 Å². The second-order valence-electron chi connectivity index (χ2n) is 7.43. The normalized spacial score (nSPS) is 17.2. The average molecular weight is 449 g/mol. The Hall–Kier alpha value is -3.22. The van der Waals surface area contributed by atoms with Crippen LogP contribution in [0.25, 0.3) is 0 Å². The summed E-state index contributed by atoms with van der Waals surface area (Å²) in [5, 5.41) is 32.8. The van der Waals surface area contributed by atoms with Gasteiger partial charge in [-0.25, -0.2) is 4.79 Å². The van der Waals surface area contributed by atoms with Gasteiger partial charge >= 0.3 is 5.97 Å². The van der Waals surface area contributed by atoms with Gasteiger partial charge in [-0.05, 0) is 12.1 Å². The number of methoxy groups -OCH3 is 1. The maximum absolute atomic E-state index is 12.7. The van der Waals surface area contributed by atoms with Gasteiger partial charge in [0.15, 0.2) is 0 Å². The molecule has 12 nitrogen and oxygen atoms in total. The third-order valence-corrected chi connectivity index (χ3v) is 5.52. The molecule has 1 aromatic rings. The Balaban J connectivity index is 1.84. The first-order valence-electron chi connectivity index (χ1n) is 10.2. The number of anilines is 2. The molecule has 1 aromatic carbocycles. The van der Waals surface area contributed by atoms with E-state index in [2.05, 4.69) is 10.2 Å². The minimum absolute atomic E-state index is 0.0211. The number of hydrogen-bond acceptors (Lipinski definition) is 10. The number of hydrogen-bond donors (Lipinski definition) is 3. The van der Waals surface area contributed by atoms with Crippen LogP contribution in [0.5, 0.6) is 0 Å². The Morgan fingerprint density at radius 2 is 1.88 bits per heavy atom. The van der Waals surface area contributed by atoms with Crippen molar-refractivity contribution in [2.75, 3.05) is 76.4 Å². The number of esters is 1. The zero-order valence-corrected chi connectivity index (χ0v) is 17.8. The van der Waals surface area contributed by atoms with Gasteiger partial charge in [0.1, 0.15) is 11.4 Å². The molecule has 0 aliphatic carbocycles. The van der Waals surface area contributed by atoms with Crippen LogP contribution in [0.15, 0.2) is 29.5 Å². The monoisotopic (exact) mass is 449 g/mol. The van der Waals surface area contributed by atoms with Crippen LogP contribution in [0.2, 0.25) is 0 Å². The zero-order valence-electron chi connectivity index (χ0n) is 17.8. The van der Waals surface area contributed by atoms with Crippen molar-refractivity contribution in [2.24, 2.45) is 0 Å². The molecule has 1 saturated heterocycles. The van der Waals surface area contributed by atoms with Gasteiger partial charge < -0.3 is 30.1 Å². The fourth-order valence-corrected chi connectivity index (χ4v) is 3.86. The van der Waals surface area contributed by atoms with Gasteiger partial charge in [0.05, 0.1) is 37.4 Å². The van der Waals surface area contributed by atoms with E-state index in [-0.39, 0.29) is 48.9 Å². The number of nitrogens with one attached hydrogen (secondary N) is 1. The third-order valence-electron chi connectivity index (χ3n) is 5.52. The first kappa shape index (κ1) is 23.4. The number of nitrogens with zero attached hydrogens (tertiary/aromatic N) is 4. The van der Waals surface area contributed by atoms with E-state index in [1.165, 1.54) is 18.1 Å². The highest BCUT2D eigenvalue weighted by Gasteiger charge is 2.35. The Bertz CT molecular complexity index is 912. The summed E-state index contributed by atoms with van der Waals surface area (Å²) >= 11 is 0. The molecule has 0 unspecified atom stereocenters. The molecule has 3 N–H and O–H groups in total. The summed E-state index contributed by atoms with van der Waals surface area (Å²) in [4.78, 5) is 41.4. The van der Waals surface area contributed by atoms with E-state index in [9.17, 15) is 19.7 Å². The van der Waals surface area contributed by atoms with Crippen molar-refractivity contribution in [3.05, 3.63) is 39.6 Å². The molecule has 2 aliphatic heterocycles. The quantitative estimate of drug-likeness (QED) is 0.253. The Labute approximate surface area is 184 Å². The van der Waals surface area contributed by atoms with Gasteiger partial charge in [-0.2, -0.15) is 0 Å². The predicted octanol–water partition coefficient (Wildman–Crippen LogP) is -0.617. The second-order valence-corrected chi connectivity index (χ2v) is 7.43. The van der Waals surface area contributed by atoms with Crippen LogP contribution in [-0.2, 0) is 14.3 Å². The molecule has 2 heterocycles. The molecule has 0 bridgehead atoms. The number of carbonyl (C=O) groups excluding carboxylic acids is 2. The molecule has 1 amide bonds. The van der Waals surface area contributed by atoms with Crippen molar-refractivity contribution in [3.63, 3.8) is 0 Å². The lowest BCUT2D eigenvalue weighted by atomic mass is 10.1. The minimum atomic E-state index is -0.687. The summed E-state index contributed by atoms with van der Waals surface area (Å²) in [5.74, 6) is -1.18. The molecule has 0 atom stereocenters. The summed E-state index contributed by atoms with van der Waals surface area (Å²) in [6.45, 7) is 2.93. The van der Waals surface area contributed by atoms with Crippen molar-refractivity contribution >= 4 is 28.9 Å². The van der Waals surface area contributed by atoms with Gasteiger partial charge in [-0.3, -0.25) is 19.8 Å². The summed E-state index contributed by atoms with van der Waals surface area (Å²) in [7, 11) is 1.20. The highest BCUT2D eigenvalue weighted by Crippen LogP contribution is 2.33. The van der Waals surface area contributed by atoms with Crippen molar-refractivity contribution in [3.8, 4) is 0 Å². The molecule has 0 radical (unpaired) electrons. The lowest BCUT2D eigenvalue weighted by molar-refractivity contribution is -0.384. The van der Waals surface area contributed by atoms with Crippen molar-refractivity contribution in [2.45, 2.75) is 0 Å². The molecule has 0 spiro atoms. The number of nitro benzene ring substituents is 1. The Kier molecular flexibility index (Phi) is 7.62. The largest absolute Gasteiger partial charge is 0.466 e. The van der Waals surface area contributed by atoms with E-state index >= 15 is 0 Å². The molecular weight excluding hydrogens is 422 g/mol. The number of amides is 1. The van der Waals surface area contributed by atoms with Crippen molar-refractivity contribution in [1.82, 2.24) is 9.80 Å². The second kappa shape index (κ2) is 10.4. The molecule has 0 saturated carbocycles. The number of benzene rings is 1. The first-order chi connectivity index (χ1) is 15.4. The topological polar surface area (TPSA) is 149 Å². The van der Waals surface area contributed by atoms with Crippen molar-refractivity contribution < 1.29 is 29.5 Å². The van der Waals surface area contributed by atoms with E-state index < -0.39 is 16.8 Å². The highest BCUT2D eigenvalue weighted by molar-refractivity contribution is 6.08. The first-order valence-corrected chi connectivity index (χ1v) is 10.2. The van der Waals surface area contributed by atoms with Crippen molar-refractivity contribution in [1.29, 1.82) is 0 Å². The van der Waals surface area contributed by atoms with Crippen LogP contribution in [0.1, 0.15) is 0 Å².